The van der Waals surface area contributed by atoms with E-state index in [0.717, 1.165) is 30.8 Å². The fourth-order valence-electron chi connectivity index (χ4n) is 4.18. The molecule has 2 aliphatic rings. The van der Waals surface area contributed by atoms with Gasteiger partial charge in [-0.15, -0.1) is 0 Å². The Morgan fingerprint density at radius 1 is 1.30 bits per heavy atom. The largest absolute Gasteiger partial charge is 0.309 e. The zero-order chi connectivity index (χ0) is 16.0. The summed E-state index contributed by atoms with van der Waals surface area (Å²) in [4.78, 5) is 14.8. The van der Waals surface area contributed by atoms with Crippen molar-refractivity contribution in [3.8, 4) is 0 Å². The molecule has 4 rings (SSSR count). The van der Waals surface area contributed by atoms with Gasteiger partial charge in [0.05, 0.1) is 22.8 Å². The number of hydrogen-bond donors (Lipinski definition) is 0. The Kier molecular flexibility index (Phi) is 3.45. The smallest absolute Gasteiger partial charge is 0.233 e. The van der Waals surface area contributed by atoms with Crippen LogP contribution in [0.4, 0.5) is 5.69 Å². The average Bonchev–Trinajstić information content (AvgIpc) is 3.22. The number of anilines is 1. The van der Waals surface area contributed by atoms with Crippen molar-refractivity contribution in [2.75, 3.05) is 11.4 Å². The number of para-hydroxylation sites is 1. The second kappa shape index (κ2) is 5.38. The number of hydrogen-bond acceptors (Lipinski definition) is 2. The third-order valence-corrected chi connectivity index (χ3v) is 5.56. The lowest BCUT2D eigenvalue weighted by atomic mass is 9.81. The molecular weight excluding hydrogens is 310 g/mol. The summed E-state index contributed by atoms with van der Waals surface area (Å²) in [6.07, 6.45) is 6.94. The molecule has 1 aliphatic heterocycles. The summed E-state index contributed by atoms with van der Waals surface area (Å²) >= 11 is 6.46. The lowest BCUT2D eigenvalue weighted by molar-refractivity contribution is -0.118. The van der Waals surface area contributed by atoms with Crippen LogP contribution in [0.2, 0.25) is 5.02 Å². The van der Waals surface area contributed by atoms with Gasteiger partial charge in [-0.05, 0) is 30.5 Å². The molecule has 0 atom stereocenters. The van der Waals surface area contributed by atoms with Gasteiger partial charge in [0.25, 0.3) is 0 Å². The van der Waals surface area contributed by atoms with Crippen molar-refractivity contribution in [3.05, 3.63) is 46.7 Å². The van der Waals surface area contributed by atoms with E-state index in [4.69, 9.17) is 11.6 Å². The summed E-state index contributed by atoms with van der Waals surface area (Å²) in [7, 11) is 1.86. The molecular formula is C18H20ClN3O. The number of fused-ring (bicyclic) bond motifs is 2. The van der Waals surface area contributed by atoms with Gasteiger partial charge < -0.3 is 4.90 Å². The molecule has 1 saturated carbocycles. The SMILES string of the molecule is Cn1ccc(CC(=O)N2CC3(CCCC3)c3cccc(Cl)c32)n1. The summed E-state index contributed by atoms with van der Waals surface area (Å²) in [6.45, 7) is 0.762. The first kappa shape index (κ1) is 14.8. The molecule has 0 bridgehead atoms. The minimum Gasteiger partial charge on any atom is -0.309 e. The van der Waals surface area contributed by atoms with Gasteiger partial charge in [0.15, 0.2) is 0 Å². The number of halogens is 1. The van der Waals surface area contributed by atoms with E-state index in [0.29, 0.717) is 11.4 Å². The van der Waals surface area contributed by atoms with Gasteiger partial charge in [0, 0.05) is 25.2 Å². The van der Waals surface area contributed by atoms with E-state index in [-0.39, 0.29) is 11.3 Å². The molecule has 1 aromatic carbocycles. The molecule has 0 radical (unpaired) electrons. The van der Waals surface area contributed by atoms with Crippen molar-refractivity contribution in [2.24, 2.45) is 7.05 Å². The van der Waals surface area contributed by atoms with Crippen LogP contribution in [0.15, 0.2) is 30.5 Å². The van der Waals surface area contributed by atoms with Crippen LogP contribution in [0.25, 0.3) is 0 Å². The summed E-state index contributed by atoms with van der Waals surface area (Å²) in [5, 5.41) is 5.01. The Balaban J connectivity index is 1.69. The molecule has 5 heteroatoms. The topological polar surface area (TPSA) is 38.1 Å². The number of carbonyl (C=O) groups excluding carboxylic acids is 1. The molecule has 1 aliphatic carbocycles. The highest BCUT2D eigenvalue weighted by Gasteiger charge is 2.46. The Bertz CT molecular complexity index is 761. The fourth-order valence-corrected chi connectivity index (χ4v) is 4.46. The molecule has 1 amide bonds. The second-order valence-corrected chi connectivity index (χ2v) is 7.17. The normalized spacial score (nSPS) is 18.6. The number of rotatable bonds is 2. The lowest BCUT2D eigenvalue weighted by Gasteiger charge is -2.24. The van der Waals surface area contributed by atoms with Crippen LogP contribution in [0.3, 0.4) is 0 Å². The zero-order valence-electron chi connectivity index (χ0n) is 13.3. The number of amides is 1. The minimum atomic E-state index is 0.0850. The van der Waals surface area contributed by atoms with Crippen molar-refractivity contribution in [2.45, 2.75) is 37.5 Å². The molecule has 0 unspecified atom stereocenters. The van der Waals surface area contributed by atoms with Crippen LogP contribution in [-0.2, 0) is 23.7 Å². The summed E-state index contributed by atoms with van der Waals surface area (Å²) in [5.41, 5.74) is 3.10. The number of aryl methyl sites for hydroxylation is 1. The van der Waals surface area contributed by atoms with Crippen molar-refractivity contribution >= 4 is 23.2 Å². The van der Waals surface area contributed by atoms with Crippen molar-refractivity contribution < 1.29 is 4.79 Å². The summed E-state index contributed by atoms with van der Waals surface area (Å²) in [5.74, 6) is 0.0850. The maximum absolute atomic E-state index is 12.9. The second-order valence-electron chi connectivity index (χ2n) is 6.76. The Morgan fingerprint density at radius 2 is 2.09 bits per heavy atom. The Labute approximate surface area is 141 Å². The maximum atomic E-state index is 12.9. The molecule has 0 N–H and O–H groups in total. The summed E-state index contributed by atoms with van der Waals surface area (Å²) in [6, 6.07) is 7.94. The van der Waals surface area contributed by atoms with Crippen molar-refractivity contribution in [1.29, 1.82) is 0 Å². The number of nitrogens with zero attached hydrogens (tertiary/aromatic N) is 3. The summed E-state index contributed by atoms with van der Waals surface area (Å²) < 4.78 is 1.73. The van der Waals surface area contributed by atoms with Crippen LogP contribution in [-0.4, -0.2) is 22.2 Å². The van der Waals surface area contributed by atoms with E-state index in [9.17, 15) is 4.79 Å². The van der Waals surface area contributed by atoms with E-state index in [1.165, 1.54) is 18.4 Å². The highest BCUT2D eigenvalue weighted by Crippen LogP contribution is 2.52. The van der Waals surface area contributed by atoms with Crippen LogP contribution < -0.4 is 4.90 Å². The first-order valence-electron chi connectivity index (χ1n) is 8.17. The van der Waals surface area contributed by atoms with Gasteiger partial charge in [-0.25, -0.2) is 0 Å². The zero-order valence-corrected chi connectivity index (χ0v) is 14.0. The standard InChI is InChI=1S/C18H20ClN3O/c1-21-10-7-13(20-21)11-16(23)22-12-18(8-2-3-9-18)14-5-4-6-15(19)17(14)22/h4-7,10H,2-3,8-9,11-12H2,1H3. The van der Waals surface area contributed by atoms with Crippen LogP contribution in [0.5, 0.6) is 0 Å². The minimum absolute atomic E-state index is 0.0850. The quantitative estimate of drug-likeness (QED) is 0.846. The molecule has 23 heavy (non-hydrogen) atoms. The molecule has 1 spiro atoms. The first-order valence-corrected chi connectivity index (χ1v) is 8.55. The lowest BCUT2D eigenvalue weighted by Crippen LogP contribution is -2.36. The molecule has 1 fully saturated rings. The molecule has 0 saturated heterocycles. The molecule has 1 aromatic heterocycles. The van der Waals surface area contributed by atoms with Crippen LogP contribution in [0, 0.1) is 0 Å². The van der Waals surface area contributed by atoms with Gasteiger partial charge in [-0.3, -0.25) is 9.48 Å². The molecule has 2 aromatic rings. The third-order valence-electron chi connectivity index (χ3n) is 5.25. The van der Waals surface area contributed by atoms with Gasteiger partial charge in [0.2, 0.25) is 5.91 Å². The van der Waals surface area contributed by atoms with Gasteiger partial charge in [-0.2, -0.15) is 5.10 Å². The predicted molar refractivity (Wildman–Crippen MR) is 90.9 cm³/mol. The molecule has 2 heterocycles. The van der Waals surface area contributed by atoms with E-state index >= 15 is 0 Å². The van der Waals surface area contributed by atoms with Gasteiger partial charge in [0.1, 0.15) is 0 Å². The van der Waals surface area contributed by atoms with Crippen molar-refractivity contribution in [3.63, 3.8) is 0 Å². The van der Waals surface area contributed by atoms with Gasteiger partial charge in [-0.1, -0.05) is 36.6 Å². The van der Waals surface area contributed by atoms with Crippen LogP contribution in [0.1, 0.15) is 36.9 Å². The fraction of sp³-hybridized carbons (Fsp3) is 0.444. The van der Waals surface area contributed by atoms with Gasteiger partial charge >= 0.3 is 0 Å². The Hall–Kier alpha value is -1.81. The van der Waals surface area contributed by atoms with Crippen molar-refractivity contribution in [1.82, 2.24) is 9.78 Å². The Morgan fingerprint density at radius 3 is 2.78 bits per heavy atom. The monoisotopic (exact) mass is 329 g/mol. The number of aromatic nitrogens is 2. The predicted octanol–water partition coefficient (Wildman–Crippen LogP) is 3.47. The average molecular weight is 330 g/mol. The maximum Gasteiger partial charge on any atom is 0.233 e. The first-order chi connectivity index (χ1) is 11.1. The highest BCUT2D eigenvalue weighted by molar-refractivity contribution is 6.34. The number of carbonyl (C=O) groups is 1. The van der Waals surface area contributed by atoms with E-state index < -0.39 is 0 Å². The van der Waals surface area contributed by atoms with Crippen LogP contribution >= 0.6 is 11.6 Å². The van der Waals surface area contributed by atoms with E-state index in [1.54, 1.807) is 4.68 Å². The number of benzene rings is 1. The third kappa shape index (κ3) is 2.36. The van der Waals surface area contributed by atoms with E-state index in [2.05, 4.69) is 11.2 Å². The highest BCUT2D eigenvalue weighted by atomic mass is 35.5. The molecule has 120 valence electrons. The molecule has 4 nitrogen and oxygen atoms in total. The van der Waals surface area contributed by atoms with E-state index in [1.807, 2.05) is 36.3 Å².